The van der Waals surface area contributed by atoms with Gasteiger partial charge in [0.05, 0.1) is 10.4 Å². The number of rotatable bonds is 4. The molecule has 0 saturated carbocycles. The summed E-state index contributed by atoms with van der Waals surface area (Å²) in [5.41, 5.74) is 0.508. The molecule has 26 heavy (non-hydrogen) atoms. The molecule has 0 unspecified atom stereocenters. The van der Waals surface area contributed by atoms with Crippen molar-refractivity contribution in [2.75, 3.05) is 0 Å². The van der Waals surface area contributed by atoms with E-state index in [0.29, 0.717) is 11.3 Å². The molecular weight excluding hydrogens is 374 g/mol. The van der Waals surface area contributed by atoms with Crippen molar-refractivity contribution in [1.82, 2.24) is 14.2 Å². The number of halogens is 1. The highest BCUT2D eigenvalue weighted by Crippen LogP contribution is 2.28. The molecule has 130 valence electrons. The van der Waals surface area contributed by atoms with E-state index in [1.165, 1.54) is 10.2 Å². The van der Waals surface area contributed by atoms with Gasteiger partial charge in [-0.2, -0.15) is 0 Å². The predicted molar refractivity (Wildman–Crippen MR) is 98.1 cm³/mol. The molecule has 0 bridgehead atoms. The lowest BCUT2D eigenvalue weighted by Gasteiger charge is -2.09. The van der Waals surface area contributed by atoms with Crippen molar-refractivity contribution in [2.24, 2.45) is 0 Å². The van der Waals surface area contributed by atoms with Gasteiger partial charge in [0, 0.05) is 23.7 Å². The van der Waals surface area contributed by atoms with Crippen LogP contribution in [0.3, 0.4) is 0 Å². The second-order valence-electron chi connectivity index (χ2n) is 5.45. The van der Waals surface area contributed by atoms with E-state index in [1.807, 2.05) is 0 Å². The summed E-state index contributed by atoms with van der Waals surface area (Å²) in [5.74, 6) is 0.704. The van der Waals surface area contributed by atoms with Crippen molar-refractivity contribution in [1.29, 1.82) is 0 Å². The fraction of sp³-hybridized carbons (Fsp3) is 0. The number of hydrogen-bond acceptors (Lipinski definition) is 5. The largest absolute Gasteiger partial charge is 0.437 e. The maximum Gasteiger partial charge on any atom is 0.268 e. The van der Waals surface area contributed by atoms with Crippen LogP contribution in [0.25, 0.3) is 10.9 Å². The van der Waals surface area contributed by atoms with Crippen molar-refractivity contribution in [2.45, 2.75) is 4.90 Å². The van der Waals surface area contributed by atoms with Crippen LogP contribution in [-0.2, 0) is 10.0 Å². The lowest BCUT2D eigenvalue weighted by molar-refractivity contribution is 0.456. The fourth-order valence-corrected chi connectivity index (χ4v) is 4.01. The Kier molecular flexibility index (Phi) is 4.10. The van der Waals surface area contributed by atoms with Crippen LogP contribution in [0.2, 0.25) is 5.15 Å². The summed E-state index contributed by atoms with van der Waals surface area (Å²) in [6.07, 6.45) is 1.53. The molecule has 0 atom stereocenters. The molecule has 8 heteroatoms. The minimum Gasteiger partial charge on any atom is -0.437 e. The van der Waals surface area contributed by atoms with E-state index in [4.69, 9.17) is 16.3 Å². The van der Waals surface area contributed by atoms with Crippen LogP contribution < -0.4 is 4.74 Å². The van der Waals surface area contributed by atoms with E-state index >= 15 is 0 Å². The van der Waals surface area contributed by atoms with Gasteiger partial charge in [-0.05, 0) is 36.4 Å². The fourth-order valence-electron chi connectivity index (χ4n) is 2.54. The Morgan fingerprint density at radius 3 is 2.46 bits per heavy atom. The van der Waals surface area contributed by atoms with Gasteiger partial charge in [0.1, 0.15) is 5.75 Å². The summed E-state index contributed by atoms with van der Waals surface area (Å²) in [6, 6.07) is 18.3. The van der Waals surface area contributed by atoms with Crippen LogP contribution in [0, 0.1) is 0 Å². The second kappa shape index (κ2) is 6.44. The quantitative estimate of drug-likeness (QED) is 0.528. The van der Waals surface area contributed by atoms with E-state index in [1.54, 1.807) is 66.7 Å². The molecule has 0 radical (unpaired) electrons. The zero-order valence-electron chi connectivity index (χ0n) is 13.3. The maximum absolute atomic E-state index is 12.9. The molecule has 2 aromatic heterocycles. The van der Waals surface area contributed by atoms with Gasteiger partial charge in [-0.15, -0.1) is 10.2 Å². The monoisotopic (exact) mass is 385 g/mol. The third kappa shape index (κ3) is 3.02. The Bertz CT molecular complexity index is 1170. The smallest absolute Gasteiger partial charge is 0.268 e. The number of fused-ring (bicyclic) bond motifs is 1. The molecule has 6 nitrogen and oxygen atoms in total. The Hall–Kier alpha value is -2.90. The highest BCUT2D eigenvalue weighted by Gasteiger charge is 2.18. The minimum atomic E-state index is -3.70. The molecule has 0 amide bonds. The molecule has 0 aliphatic rings. The summed E-state index contributed by atoms with van der Waals surface area (Å²) >= 11 is 5.71. The Balaban J connectivity index is 1.77. The van der Waals surface area contributed by atoms with Gasteiger partial charge in [-0.3, -0.25) is 0 Å². The van der Waals surface area contributed by atoms with Crippen molar-refractivity contribution >= 4 is 32.5 Å². The van der Waals surface area contributed by atoms with Gasteiger partial charge >= 0.3 is 0 Å². The van der Waals surface area contributed by atoms with Crippen LogP contribution in [-0.4, -0.2) is 22.6 Å². The van der Waals surface area contributed by atoms with Crippen molar-refractivity contribution in [3.8, 4) is 11.6 Å². The molecule has 0 N–H and O–H groups in total. The summed E-state index contributed by atoms with van der Waals surface area (Å²) in [7, 11) is -3.70. The first kappa shape index (κ1) is 16.6. The number of hydrogen-bond donors (Lipinski definition) is 0. The van der Waals surface area contributed by atoms with E-state index in [2.05, 4.69) is 10.2 Å². The maximum atomic E-state index is 12.9. The summed E-state index contributed by atoms with van der Waals surface area (Å²) in [6.45, 7) is 0. The normalized spacial score (nSPS) is 11.6. The third-order valence-corrected chi connectivity index (χ3v) is 5.66. The molecular formula is C18H12ClN3O3S. The number of aromatic nitrogens is 3. The Labute approximate surface area is 154 Å². The topological polar surface area (TPSA) is 74.1 Å². The van der Waals surface area contributed by atoms with Gasteiger partial charge in [0.2, 0.25) is 5.88 Å². The average molecular weight is 386 g/mol. The number of nitrogens with zero attached hydrogens (tertiary/aromatic N) is 3. The summed E-state index contributed by atoms with van der Waals surface area (Å²) in [4.78, 5) is 0.215. The molecule has 4 aromatic rings. The minimum absolute atomic E-state index is 0.215. The third-order valence-electron chi connectivity index (χ3n) is 3.76. The predicted octanol–water partition coefficient (Wildman–Crippen LogP) is 4.11. The van der Waals surface area contributed by atoms with Gasteiger partial charge in [0.15, 0.2) is 5.15 Å². The molecule has 0 saturated heterocycles. The molecule has 0 fully saturated rings. The molecule has 2 aromatic carbocycles. The second-order valence-corrected chi connectivity index (χ2v) is 7.65. The first-order valence-electron chi connectivity index (χ1n) is 7.63. The van der Waals surface area contributed by atoms with Crippen LogP contribution in [0.15, 0.2) is 77.8 Å². The van der Waals surface area contributed by atoms with Crippen LogP contribution in [0.1, 0.15) is 0 Å². The Morgan fingerprint density at radius 1 is 0.923 bits per heavy atom. The first-order valence-corrected chi connectivity index (χ1v) is 9.45. The van der Waals surface area contributed by atoms with Crippen molar-refractivity contribution in [3.05, 3.63) is 78.1 Å². The standard InChI is InChI=1S/C18H12ClN3O3S/c19-17-8-9-18(21-20-17)25-14-7-6-13-10-11-22(16(13)12-14)26(23,24)15-4-2-1-3-5-15/h1-12H. The van der Waals surface area contributed by atoms with Gasteiger partial charge < -0.3 is 4.74 Å². The highest BCUT2D eigenvalue weighted by atomic mass is 35.5. The average Bonchev–Trinajstić information content (AvgIpc) is 3.08. The highest BCUT2D eigenvalue weighted by molar-refractivity contribution is 7.90. The molecule has 0 aliphatic heterocycles. The van der Waals surface area contributed by atoms with Gasteiger partial charge in [0.25, 0.3) is 10.0 Å². The number of ether oxygens (including phenoxy) is 1. The van der Waals surface area contributed by atoms with E-state index in [0.717, 1.165) is 5.39 Å². The SMILES string of the molecule is O=S(=O)(c1ccccc1)n1ccc2ccc(Oc3ccc(Cl)nn3)cc21. The lowest BCUT2D eigenvalue weighted by Crippen LogP contribution is -2.11. The number of benzene rings is 2. The lowest BCUT2D eigenvalue weighted by atomic mass is 10.2. The molecule has 0 aliphatic carbocycles. The van der Waals surface area contributed by atoms with E-state index < -0.39 is 10.0 Å². The van der Waals surface area contributed by atoms with Crippen molar-refractivity contribution < 1.29 is 13.2 Å². The van der Waals surface area contributed by atoms with E-state index in [-0.39, 0.29) is 15.9 Å². The first-order chi connectivity index (χ1) is 12.5. The molecule has 0 spiro atoms. The van der Waals surface area contributed by atoms with Crippen LogP contribution >= 0.6 is 11.6 Å². The summed E-state index contributed by atoms with van der Waals surface area (Å²) < 4.78 is 32.7. The van der Waals surface area contributed by atoms with Crippen LogP contribution in [0.5, 0.6) is 11.6 Å². The Morgan fingerprint density at radius 2 is 1.73 bits per heavy atom. The zero-order valence-corrected chi connectivity index (χ0v) is 14.9. The molecule has 2 heterocycles. The summed E-state index contributed by atoms with van der Waals surface area (Å²) in [5, 5.41) is 8.58. The molecule has 4 rings (SSSR count). The van der Waals surface area contributed by atoms with E-state index in [9.17, 15) is 8.42 Å². The van der Waals surface area contributed by atoms with Crippen molar-refractivity contribution in [3.63, 3.8) is 0 Å². The van der Waals surface area contributed by atoms with Gasteiger partial charge in [-0.25, -0.2) is 12.4 Å². The zero-order chi connectivity index (χ0) is 18.1. The van der Waals surface area contributed by atoms with Gasteiger partial charge in [-0.1, -0.05) is 29.8 Å². The van der Waals surface area contributed by atoms with Crippen LogP contribution in [0.4, 0.5) is 0 Å².